The van der Waals surface area contributed by atoms with Crippen molar-refractivity contribution >= 4 is 55.8 Å². The number of hydrogen-bond acceptors (Lipinski definition) is 5. The Labute approximate surface area is 188 Å². The van der Waals surface area contributed by atoms with Crippen molar-refractivity contribution < 1.29 is 13.9 Å². The van der Waals surface area contributed by atoms with Gasteiger partial charge in [0.2, 0.25) is 0 Å². The minimum atomic E-state index is -0.481. The number of nitrogens with zero attached hydrogens (tertiary/aromatic N) is 3. The molecule has 3 aromatic rings. The highest BCUT2D eigenvalue weighted by Crippen LogP contribution is 2.32. The Hall–Kier alpha value is -1.77. The second-order valence-corrected chi connectivity index (χ2v) is 8.85. The Balaban J connectivity index is 1.59. The summed E-state index contributed by atoms with van der Waals surface area (Å²) in [5.74, 6) is -0.780. The van der Waals surface area contributed by atoms with Gasteiger partial charge < -0.3 is 4.74 Å². The van der Waals surface area contributed by atoms with Gasteiger partial charge in [0.1, 0.15) is 5.82 Å². The normalized spacial score (nSPS) is 14.9. The van der Waals surface area contributed by atoms with Crippen LogP contribution in [0.15, 0.2) is 36.4 Å². The number of ether oxygens (including phenoxy) is 1. The zero-order valence-electron chi connectivity index (χ0n) is 16.1. The number of thiazole rings is 1. The molecule has 0 atom stereocenters. The summed E-state index contributed by atoms with van der Waals surface area (Å²) in [6, 6.07) is 9.24. The van der Waals surface area contributed by atoms with Crippen molar-refractivity contribution in [2.45, 2.75) is 6.42 Å². The number of carbonyl (C=O) groups is 1. The number of benzene rings is 2. The van der Waals surface area contributed by atoms with Crippen molar-refractivity contribution in [3.8, 4) is 0 Å². The number of morpholine rings is 1. The molecule has 2 aromatic carbocycles. The van der Waals surface area contributed by atoms with E-state index in [4.69, 9.17) is 27.9 Å². The molecule has 5 nitrogen and oxygen atoms in total. The van der Waals surface area contributed by atoms with Crippen molar-refractivity contribution in [3.05, 3.63) is 57.8 Å². The average Bonchev–Trinajstić information content (AvgIpc) is 3.14. The highest BCUT2D eigenvalue weighted by molar-refractivity contribution is 7.22. The molecule has 1 fully saturated rings. The van der Waals surface area contributed by atoms with Crippen LogP contribution in [0.4, 0.5) is 9.52 Å². The van der Waals surface area contributed by atoms with Crippen LogP contribution in [0.3, 0.4) is 0 Å². The van der Waals surface area contributed by atoms with Crippen LogP contribution in [-0.2, 0) is 4.74 Å². The largest absolute Gasteiger partial charge is 0.379 e. The predicted molar refractivity (Wildman–Crippen MR) is 120 cm³/mol. The summed E-state index contributed by atoms with van der Waals surface area (Å²) in [7, 11) is 0. The van der Waals surface area contributed by atoms with E-state index in [1.807, 2.05) is 12.1 Å². The second kappa shape index (κ2) is 9.58. The van der Waals surface area contributed by atoms with Gasteiger partial charge in [-0.15, -0.1) is 0 Å². The molecule has 1 aromatic heterocycles. The van der Waals surface area contributed by atoms with Crippen molar-refractivity contribution in [1.29, 1.82) is 0 Å². The molecule has 0 saturated carbocycles. The van der Waals surface area contributed by atoms with E-state index in [1.165, 1.54) is 23.5 Å². The first kappa shape index (κ1) is 21.5. The smallest absolute Gasteiger partial charge is 0.261 e. The maximum Gasteiger partial charge on any atom is 0.261 e. The van der Waals surface area contributed by atoms with Gasteiger partial charge in [-0.3, -0.25) is 14.6 Å². The molecule has 0 N–H and O–H groups in total. The Morgan fingerprint density at radius 1 is 1.20 bits per heavy atom. The van der Waals surface area contributed by atoms with Gasteiger partial charge in [0, 0.05) is 31.2 Å². The van der Waals surface area contributed by atoms with E-state index in [-0.39, 0.29) is 16.5 Å². The number of amides is 1. The van der Waals surface area contributed by atoms with E-state index in [2.05, 4.69) is 9.88 Å². The molecule has 0 spiro atoms. The molecule has 1 amide bonds. The highest BCUT2D eigenvalue weighted by Gasteiger charge is 2.24. The molecular formula is C21H20Cl2FN3O2S. The summed E-state index contributed by atoms with van der Waals surface area (Å²) in [6.45, 7) is 4.55. The molecule has 9 heteroatoms. The van der Waals surface area contributed by atoms with Crippen LogP contribution < -0.4 is 4.90 Å². The predicted octanol–water partition coefficient (Wildman–Crippen LogP) is 5.11. The van der Waals surface area contributed by atoms with E-state index < -0.39 is 5.82 Å². The fourth-order valence-electron chi connectivity index (χ4n) is 3.37. The molecule has 0 aliphatic carbocycles. The lowest BCUT2D eigenvalue weighted by atomic mass is 10.2. The van der Waals surface area contributed by atoms with Crippen LogP contribution in [0.5, 0.6) is 0 Å². The van der Waals surface area contributed by atoms with E-state index in [0.29, 0.717) is 16.7 Å². The van der Waals surface area contributed by atoms with Gasteiger partial charge in [0.25, 0.3) is 5.91 Å². The summed E-state index contributed by atoms with van der Waals surface area (Å²) in [4.78, 5) is 21.9. The third kappa shape index (κ3) is 4.92. The number of rotatable bonds is 6. The topological polar surface area (TPSA) is 45.7 Å². The van der Waals surface area contributed by atoms with Crippen molar-refractivity contribution in [1.82, 2.24) is 9.88 Å². The lowest BCUT2D eigenvalue weighted by Crippen LogP contribution is -2.39. The lowest BCUT2D eigenvalue weighted by molar-refractivity contribution is 0.0376. The molecule has 30 heavy (non-hydrogen) atoms. The van der Waals surface area contributed by atoms with Crippen LogP contribution in [0.25, 0.3) is 10.2 Å². The molecule has 4 rings (SSSR count). The molecular weight excluding hydrogens is 448 g/mol. The van der Waals surface area contributed by atoms with Gasteiger partial charge in [0.05, 0.1) is 34.0 Å². The second-order valence-electron chi connectivity index (χ2n) is 7.00. The monoisotopic (exact) mass is 467 g/mol. The molecule has 2 heterocycles. The number of hydrogen-bond donors (Lipinski definition) is 0. The van der Waals surface area contributed by atoms with E-state index in [9.17, 15) is 9.18 Å². The molecule has 158 valence electrons. The molecule has 1 aliphatic rings. The van der Waals surface area contributed by atoms with Gasteiger partial charge in [-0.2, -0.15) is 0 Å². The molecule has 0 bridgehead atoms. The number of anilines is 1. The first-order valence-electron chi connectivity index (χ1n) is 9.64. The number of aromatic nitrogens is 1. The van der Waals surface area contributed by atoms with Crippen LogP contribution in [-0.4, -0.2) is 55.2 Å². The third-order valence-corrected chi connectivity index (χ3v) is 6.53. The maximum absolute atomic E-state index is 13.5. The maximum atomic E-state index is 13.5. The standard InChI is InChI=1S/C21H20Cl2FN3O2S/c22-14-2-5-18-19(12-14)30-21(25-18)27(7-1-6-26-8-10-29-11-9-26)20(28)16-4-3-15(24)13-17(16)23/h2-5,12-13H,1,6-11H2. The van der Waals surface area contributed by atoms with Crippen molar-refractivity contribution in [2.24, 2.45) is 0 Å². The van der Waals surface area contributed by atoms with Crippen LogP contribution in [0, 0.1) is 5.82 Å². The number of halogens is 3. The number of fused-ring (bicyclic) bond motifs is 1. The van der Waals surface area contributed by atoms with Crippen molar-refractivity contribution in [3.63, 3.8) is 0 Å². The van der Waals surface area contributed by atoms with Gasteiger partial charge in [-0.05, 0) is 42.8 Å². The SMILES string of the molecule is O=C(c1ccc(F)cc1Cl)N(CCCN1CCOCC1)c1nc2ccc(Cl)cc2s1. The highest BCUT2D eigenvalue weighted by atomic mass is 35.5. The Kier molecular flexibility index (Phi) is 6.85. The summed E-state index contributed by atoms with van der Waals surface area (Å²) < 4.78 is 19.8. The molecule has 0 unspecified atom stereocenters. The Bertz CT molecular complexity index is 1060. The van der Waals surface area contributed by atoms with Crippen molar-refractivity contribution in [2.75, 3.05) is 44.3 Å². The molecule has 1 saturated heterocycles. The zero-order chi connectivity index (χ0) is 21.1. The van der Waals surface area contributed by atoms with E-state index >= 15 is 0 Å². The average molecular weight is 468 g/mol. The fraction of sp³-hybridized carbons (Fsp3) is 0.333. The summed E-state index contributed by atoms with van der Waals surface area (Å²) >= 11 is 13.7. The summed E-state index contributed by atoms with van der Waals surface area (Å²) in [5.41, 5.74) is 1.03. The fourth-order valence-corrected chi connectivity index (χ4v) is 4.89. The van der Waals surface area contributed by atoms with E-state index in [1.54, 1.807) is 11.0 Å². The molecule has 1 aliphatic heterocycles. The quantitative estimate of drug-likeness (QED) is 0.505. The Morgan fingerprint density at radius 3 is 2.77 bits per heavy atom. The van der Waals surface area contributed by atoms with Gasteiger partial charge in [-0.1, -0.05) is 34.5 Å². The number of carbonyl (C=O) groups excluding carboxylic acids is 1. The van der Waals surface area contributed by atoms with Gasteiger partial charge >= 0.3 is 0 Å². The van der Waals surface area contributed by atoms with Crippen LogP contribution >= 0.6 is 34.5 Å². The van der Waals surface area contributed by atoms with Crippen LogP contribution in [0.1, 0.15) is 16.8 Å². The Morgan fingerprint density at radius 2 is 2.00 bits per heavy atom. The lowest BCUT2D eigenvalue weighted by Gasteiger charge is -2.27. The zero-order valence-corrected chi connectivity index (χ0v) is 18.4. The summed E-state index contributed by atoms with van der Waals surface area (Å²) in [6.07, 6.45) is 0.765. The first-order valence-corrected chi connectivity index (χ1v) is 11.2. The first-order chi connectivity index (χ1) is 14.5. The summed E-state index contributed by atoms with van der Waals surface area (Å²) in [5, 5.41) is 1.27. The minimum Gasteiger partial charge on any atom is -0.379 e. The minimum absolute atomic E-state index is 0.0855. The van der Waals surface area contributed by atoms with Gasteiger partial charge in [-0.25, -0.2) is 9.37 Å². The molecule has 0 radical (unpaired) electrons. The van der Waals surface area contributed by atoms with E-state index in [0.717, 1.165) is 55.6 Å². The third-order valence-electron chi connectivity index (χ3n) is 4.94. The van der Waals surface area contributed by atoms with Gasteiger partial charge in [0.15, 0.2) is 5.13 Å². The van der Waals surface area contributed by atoms with Crippen LogP contribution in [0.2, 0.25) is 10.0 Å².